The molecular weight excluding hydrogens is 358 g/mol. The van der Waals surface area contributed by atoms with Gasteiger partial charge in [0.05, 0.1) is 12.0 Å². The molecule has 2 heterocycles. The third-order valence-corrected chi connectivity index (χ3v) is 5.88. The van der Waals surface area contributed by atoms with Crippen LogP contribution in [-0.4, -0.2) is 45.8 Å². The molecule has 2 aliphatic rings. The topological polar surface area (TPSA) is 112 Å². The molecule has 154 valence electrons. The maximum atomic E-state index is 12.3. The van der Waals surface area contributed by atoms with E-state index in [-0.39, 0.29) is 18.2 Å². The summed E-state index contributed by atoms with van der Waals surface area (Å²) < 4.78 is 0. The highest BCUT2D eigenvalue weighted by Gasteiger charge is 2.37. The van der Waals surface area contributed by atoms with Gasteiger partial charge in [-0.3, -0.25) is 9.59 Å². The molecule has 4 N–H and O–H groups in total. The number of nitrogens with one attached hydrogen (secondary N) is 2. The van der Waals surface area contributed by atoms with E-state index in [4.69, 9.17) is 5.11 Å². The fourth-order valence-electron chi connectivity index (χ4n) is 4.17. The zero-order valence-corrected chi connectivity index (χ0v) is 16.4. The summed E-state index contributed by atoms with van der Waals surface area (Å²) in [6.45, 7) is 1.63. The minimum Gasteiger partial charge on any atom is -0.481 e. The monoisotopic (exact) mass is 389 g/mol. The number of hydrogen-bond acceptors (Lipinski definition) is 5. The van der Waals surface area contributed by atoms with Crippen LogP contribution in [0.4, 0.5) is 5.82 Å². The Kier molecular flexibility index (Phi) is 6.88. The highest BCUT2D eigenvalue weighted by atomic mass is 16.4. The van der Waals surface area contributed by atoms with Gasteiger partial charge >= 0.3 is 5.97 Å². The summed E-state index contributed by atoms with van der Waals surface area (Å²) in [6, 6.07) is 4.27. The number of fused-ring (bicyclic) bond motifs is 1. The van der Waals surface area contributed by atoms with Gasteiger partial charge in [-0.05, 0) is 69.4 Å². The van der Waals surface area contributed by atoms with Crippen molar-refractivity contribution in [3.63, 3.8) is 0 Å². The molecule has 1 amide bonds. The Hall–Kier alpha value is -2.15. The third-order valence-electron chi connectivity index (χ3n) is 5.88. The molecule has 1 aromatic heterocycles. The Bertz CT molecular complexity index is 699. The molecule has 0 unspecified atom stereocenters. The summed E-state index contributed by atoms with van der Waals surface area (Å²) in [5.74, 6) is -0.0669. The summed E-state index contributed by atoms with van der Waals surface area (Å²) >= 11 is 0. The molecule has 7 heteroatoms. The first-order valence-corrected chi connectivity index (χ1v) is 10.4. The van der Waals surface area contributed by atoms with Gasteiger partial charge in [-0.15, -0.1) is 0 Å². The number of unbranched alkanes of at least 4 members (excludes halogenated alkanes) is 1. The lowest BCUT2D eigenvalue weighted by Gasteiger charge is -2.34. The number of hydrogen-bond donors (Lipinski definition) is 4. The van der Waals surface area contributed by atoms with Crippen molar-refractivity contribution in [3.05, 3.63) is 23.4 Å². The van der Waals surface area contributed by atoms with Crippen LogP contribution in [0.5, 0.6) is 0 Å². The van der Waals surface area contributed by atoms with Gasteiger partial charge in [0.25, 0.3) is 0 Å². The average Bonchev–Trinajstić information content (AvgIpc) is 2.67. The van der Waals surface area contributed by atoms with Crippen LogP contribution < -0.4 is 10.6 Å². The highest BCUT2D eigenvalue weighted by Crippen LogP contribution is 2.34. The van der Waals surface area contributed by atoms with Crippen molar-refractivity contribution < 1.29 is 19.8 Å². The molecule has 0 aromatic carbocycles. The summed E-state index contributed by atoms with van der Waals surface area (Å²) in [5, 5.41) is 25.5. The molecule has 7 nitrogen and oxygen atoms in total. The number of carbonyl (C=O) groups is 2. The molecule has 1 aromatic rings. The standard InChI is InChI=1S/C21H31N3O4/c25-18(26)14-21(28)10-8-16(9-11-21)20(27)23-12-2-1-5-17-7-6-15-4-3-13-22-19(15)24-17/h6-7,16,28H,1-5,8-14H2,(H,22,24)(H,23,27)(H,25,26). The molecule has 0 bridgehead atoms. The fraction of sp³-hybridized carbons (Fsp3) is 0.667. The molecule has 1 aliphatic heterocycles. The first kappa shape index (κ1) is 20.6. The Morgan fingerprint density at radius 2 is 2.04 bits per heavy atom. The van der Waals surface area contributed by atoms with Crippen LogP contribution in [-0.2, 0) is 22.4 Å². The van der Waals surface area contributed by atoms with Crippen molar-refractivity contribution in [2.75, 3.05) is 18.4 Å². The van der Waals surface area contributed by atoms with Crippen LogP contribution in [0.3, 0.4) is 0 Å². The molecule has 0 saturated heterocycles. The van der Waals surface area contributed by atoms with E-state index in [0.717, 1.165) is 50.2 Å². The summed E-state index contributed by atoms with van der Waals surface area (Å²) in [7, 11) is 0. The normalized spacial score (nSPS) is 24.1. The van der Waals surface area contributed by atoms with Gasteiger partial charge in [-0.1, -0.05) is 6.07 Å². The second-order valence-electron chi connectivity index (χ2n) is 8.16. The summed E-state index contributed by atoms with van der Waals surface area (Å²) in [6.07, 6.45) is 6.60. The van der Waals surface area contributed by atoms with Crippen LogP contribution in [0.2, 0.25) is 0 Å². The number of aromatic nitrogens is 1. The maximum absolute atomic E-state index is 12.3. The van der Waals surface area contributed by atoms with Crippen LogP contribution in [0.1, 0.15) is 62.6 Å². The van der Waals surface area contributed by atoms with Gasteiger partial charge < -0.3 is 20.8 Å². The Balaban J connectivity index is 1.32. The van der Waals surface area contributed by atoms with Gasteiger partial charge in [0, 0.05) is 24.7 Å². The van der Waals surface area contributed by atoms with E-state index < -0.39 is 11.6 Å². The number of nitrogens with zero attached hydrogens (tertiary/aromatic N) is 1. The predicted molar refractivity (Wildman–Crippen MR) is 106 cm³/mol. The van der Waals surface area contributed by atoms with Crippen molar-refractivity contribution in [2.24, 2.45) is 5.92 Å². The highest BCUT2D eigenvalue weighted by molar-refractivity contribution is 5.78. The number of aliphatic carboxylic acids is 1. The van der Waals surface area contributed by atoms with Gasteiger partial charge in [-0.25, -0.2) is 4.98 Å². The number of pyridine rings is 1. The van der Waals surface area contributed by atoms with Crippen LogP contribution in [0, 0.1) is 5.92 Å². The number of aryl methyl sites for hydroxylation is 2. The molecule has 28 heavy (non-hydrogen) atoms. The van der Waals surface area contributed by atoms with Crippen molar-refractivity contribution in [3.8, 4) is 0 Å². The molecule has 0 spiro atoms. The minimum atomic E-state index is -1.15. The van der Waals surface area contributed by atoms with Crippen molar-refractivity contribution >= 4 is 17.7 Å². The number of amides is 1. The van der Waals surface area contributed by atoms with E-state index in [1.807, 2.05) is 0 Å². The lowest BCUT2D eigenvalue weighted by molar-refractivity contribution is -0.144. The number of carbonyl (C=O) groups excluding carboxylic acids is 1. The summed E-state index contributed by atoms with van der Waals surface area (Å²) in [5.41, 5.74) is 1.23. The zero-order valence-electron chi connectivity index (χ0n) is 16.4. The average molecular weight is 389 g/mol. The number of anilines is 1. The molecular formula is C21H31N3O4. The summed E-state index contributed by atoms with van der Waals surface area (Å²) in [4.78, 5) is 27.8. The van der Waals surface area contributed by atoms with E-state index in [1.54, 1.807) is 0 Å². The van der Waals surface area contributed by atoms with E-state index >= 15 is 0 Å². The quantitative estimate of drug-likeness (QED) is 0.508. The molecule has 1 aliphatic carbocycles. The van der Waals surface area contributed by atoms with Gasteiger partial charge in [0.15, 0.2) is 0 Å². The van der Waals surface area contributed by atoms with Crippen molar-refractivity contribution in [1.82, 2.24) is 10.3 Å². The lowest BCUT2D eigenvalue weighted by atomic mass is 9.77. The minimum absolute atomic E-state index is 0.0217. The van der Waals surface area contributed by atoms with E-state index in [9.17, 15) is 14.7 Å². The Labute approximate surface area is 165 Å². The number of carboxylic acids is 1. The molecule has 0 radical (unpaired) electrons. The van der Waals surface area contributed by atoms with Gasteiger partial charge in [0.2, 0.25) is 5.91 Å². The number of carboxylic acid groups (broad SMARTS) is 1. The number of aliphatic hydroxyl groups is 1. The fourth-order valence-corrected chi connectivity index (χ4v) is 4.17. The Morgan fingerprint density at radius 3 is 2.79 bits per heavy atom. The van der Waals surface area contributed by atoms with Crippen molar-refractivity contribution in [2.45, 2.75) is 69.8 Å². The van der Waals surface area contributed by atoms with E-state index in [0.29, 0.717) is 32.2 Å². The first-order chi connectivity index (χ1) is 13.5. The predicted octanol–water partition coefficient (Wildman–Crippen LogP) is 2.27. The molecule has 3 rings (SSSR count). The second kappa shape index (κ2) is 9.37. The van der Waals surface area contributed by atoms with E-state index in [1.165, 1.54) is 5.56 Å². The van der Waals surface area contributed by atoms with Gasteiger partial charge in [-0.2, -0.15) is 0 Å². The molecule has 1 saturated carbocycles. The maximum Gasteiger partial charge on any atom is 0.306 e. The smallest absolute Gasteiger partial charge is 0.306 e. The molecule has 1 fully saturated rings. The van der Waals surface area contributed by atoms with Crippen LogP contribution in [0.15, 0.2) is 12.1 Å². The first-order valence-electron chi connectivity index (χ1n) is 10.4. The second-order valence-corrected chi connectivity index (χ2v) is 8.16. The largest absolute Gasteiger partial charge is 0.481 e. The number of rotatable bonds is 8. The SMILES string of the molecule is O=C(O)CC1(O)CCC(C(=O)NCCCCc2ccc3c(n2)NCCC3)CC1. The van der Waals surface area contributed by atoms with Crippen LogP contribution >= 0.6 is 0 Å². The Morgan fingerprint density at radius 1 is 1.25 bits per heavy atom. The molecule has 0 atom stereocenters. The van der Waals surface area contributed by atoms with Crippen molar-refractivity contribution in [1.29, 1.82) is 0 Å². The lowest BCUT2D eigenvalue weighted by Crippen LogP contribution is -2.41. The van der Waals surface area contributed by atoms with Gasteiger partial charge in [0.1, 0.15) is 5.82 Å². The van der Waals surface area contributed by atoms with E-state index in [2.05, 4.69) is 27.8 Å². The van der Waals surface area contributed by atoms with Crippen LogP contribution in [0.25, 0.3) is 0 Å². The zero-order chi connectivity index (χ0) is 20.0. The third kappa shape index (κ3) is 5.67.